The molecule has 0 saturated carbocycles. The number of hydrogen-bond donors (Lipinski definition) is 1. The fourth-order valence-electron chi connectivity index (χ4n) is 2.37. The Morgan fingerprint density at radius 2 is 2.00 bits per heavy atom. The van der Waals surface area contributed by atoms with Gasteiger partial charge in [0, 0.05) is 5.56 Å². The lowest BCUT2D eigenvalue weighted by Crippen LogP contribution is -2.22. The van der Waals surface area contributed by atoms with Gasteiger partial charge in [0.05, 0.1) is 18.4 Å². The Kier molecular flexibility index (Phi) is 5.45. The van der Waals surface area contributed by atoms with Crippen molar-refractivity contribution in [1.82, 2.24) is 5.32 Å². The molecule has 0 amide bonds. The van der Waals surface area contributed by atoms with E-state index in [0.29, 0.717) is 0 Å². The van der Waals surface area contributed by atoms with E-state index in [1.54, 1.807) is 0 Å². The van der Waals surface area contributed by atoms with Crippen LogP contribution < -0.4 is 10.1 Å². The highest BCUT2D eigenvalue weighted by Crippen LogP contribution is 2.27. The summed E-state index contributed by atoms with van der Waals surface area (Å²) in [7, 11) is 0. The summed E-state index contributed by atoms with van der Waals surface area (Å²) in [6.07, 6.45) is 3.10. The fraction of sp³-hybridized carbons (Fsp3) is 0.444. The van der Waals surface area contributed by atoms with E-state index in [1.165, 1.54) is 5.56 Å². The minimum atomic E-state index is 0.137. The summed E-state index contributed by atoms with van der Waals surface area (Å²) in [6, 6.07) is 10.5. The van der Waals surface area contributed by atoms with E-state index in [-0.39, 0.29) is 12.1 Å². The van der Waals surface area contributed by atoms with Gasteiger partial charge in [0.25, 0.3) is 0 Å². The first-order valence-electron chi connectivity index (χ1n) is 7.65. The third kappa shape index (κ3) is 4.36. The van der Waals surface area contributed by atoms with Gasteiger partial charge in [-0.15, -0.1) is 0 Å². The van der Waals surface area contributed by atoms with Gasteiger partial charge < -0.3 is 14.5 Å². The number of benzene rings is 1. The lowest BCUT2D eigenvalue weighted by atomic mass is 10.0. The predicted molar refractivity (Wildman–Crippen MR) is 85.8 cm³/mol. The first-order chi connectivity index (χ1) is 10.1. The fourth-order valence-corrected chi connectivity index (χ4v) is 2.37. The molecule has 3 nitrogen and oxygen atoms in total. The molecule has 0 aliphatic carbocycles. The van der Waals surface area contributed by atoms with Gasteiger partial charge in [0.1, 0.15) is 11.5 Å². The molecule has 0 saturated heterocycles. The van der Waals surface area contributed by atoms with Crippen LogP contribution in [0.15, 0.2) is 41.0 Å². The van der Waals surface area contributed by atoms with Crippen molar-refractivity contribution >= 4 is 0 Å². The SMILES string of the molecule is CCCNC(c1cccc(OC(C)C)c1)c1coc(C)c1. The average Bonchev–Trinajstić information content (AvgIpc) is 2.85. The maximum atomic E-state index is 5.80. The van der Waals surface area contributed by atoms with Crippen LogP contribution in [0.1, 0.15) is 50.1 Å². The van der Waals surface area contributed by atoms with Gasteiger partial charge in [-0.1, -0.05) is 19.1 Å². The zero-order chi connectivity index (χ0) is 15.2. The zero-order valence-corrected chi connectivity index (χ0v) is 13.3. The summed E-state index contributed by atoms with van der Waals surface area (Å²) in [4.78, 5) is 0. The van der Waals surface area contributed by atoms with E-state index < -0.39 is 0 Å². The highest BCUT2D eigenvalue weighted by atomic mass is 16.5. The van der Waals surface area contributed by atoms with Crippen LogP contribution in [-0.2, 0) is 0 Å². The summed E-state index contributed by atoms with van der Waals surface area (Å²) in [5, 5.41) is 3.58. The Balaban J connectivity index is 2.27. The Labute approximate surface area is 127 Å². The molecule has 1 aromatic heterocycles. The standard InChI is InChI=1S/C18H25NO2/c1-5-9-19-18(16-10-14(4)20-12-16)15-7-6-8-17(11-15)21-13(2)3/h6-8,10-13,18-19H,5,9H2,1-4H3. The van der Waals surface area contributed by atoms with Crippen LogP contribution in [0.25, 0.3) is 0 Å². The van der Waals surface area contributed by atoms with E-state index in [0.717, 1.165) is 30.0 Å². The topological polar surface area (TPSA) is 34.4 Å². The summed E-state index contributed by atoms with van der Waals surface area (Å²) < 4.78 is 11.3. The summed E-state index contributed by atoms with van der Waals surface area (Å²) in [6.45, 7) is 9.18. The molecule has 0 fully saturated rings. The quantitative estimate of drug-likeness (QED) is 0.816. The van der Waals surface area contributed by atoms with Crippen molar-refractivity contribution in [2.45, 2.75) is 46.3 Å². The van der Waals surface area contributed by atoms with Crippen LogP contribution in [0.3, 0.4) is 0 Å². The molecule has 1 atom stereocenters. The molecule has 0 spiro atoms. The van der Waals surface area contributed by atoms with Crippen LogP contribution in [0.4, 0.5) is 0 Å². The second-order valence-corrected chi connectivity index (χ2v) is 5.62. The van der Waals surface area contributed by atoms with Gasteiger partial charge in [-0.05, 0) is 57.5 Å². The second-order valence-electron chi connectivity index (χ2n) is 5.62. The molecule has 2 aromatic rings. The van der Waals surface area contributed by atoms with Crippen LogP contribution in [0, 0.1) is 6.92 Å². The van der Waals surface area contributed by atoms with Crippen LogP contribution in [-0.4, -0.2) is 12.6 Å². The molecule has 0 radical (unpaired) electrons. The van der Waals surface area contributed by atoms with E-state index in [1.807, 2.05) is 39.2 Å². The van der Waals surface area contributed by atoms with Crippen LogP contribution in [0.2, 0.25) is 0 Å². The predicted octanol–water partition coefficient (Wildman–Crippen LogP) is 4.46. The third-order valence-corrected chi connectivity index (χ3v) is 3.25. The smallest absolute Gasteiger partial charge is 0.120 e. The lowest BCUT2D eigenvalue weighted by molar-refractivity contribution is 0.242. The number of nitrogens with one attached hydrogen (secondary N) is 1. The number of furan rings is 1. The molecular formula is C18H25NO2. The largest absolute Gasteiger partial charge is 0.491 e. The molecule has 1 heterocycles. The van der Waals surface area contributed by atoms with Crippen molar-refractivity contribution in [3.63, 3.8) is 0 Å². The molecule has 1 unspecified atom stereocenters. The van der Waals surface area contributed by atoms with E-state index in [9.17, 15) is 0 Å². The normalized spacial score (nSPS) is 12.6. The van der Waals surface area contributed by atoms with Crippen LogP contribution >= 0.6 is 0 Å². The zero-order valence-electron chi connectivity index (χ0n) is 13.3. The molecule has 1 aromatic carbocycles. The van der Waals surface area contributed by atoms with Gasteiger partial charge >= 0.3 is 0 Å². The van der Waals surface area contributed by atoms with Gasteiger partial charge in [0.2, 0.25) is 0 Å². The Morgan fingerprint density at radius 1 is 1.19 bits per heavy atom. The molecular weight excluding hydrogens is 262 g/mol. The van der Waals surface area contributed by atoms with Crippen molar-refractivity contribution in [2.75, 3.05) is 6.54 Å². The molecule has 2 rings (SSSR count). The van der Waals surface area contributed by atoms with Gasteiger partial charge in [0.15, 0.2) is 0 Å². The minimum absolute atomic E-state index is 0.137. The van der Waals surface area contributed by atoms with E-state index >= 15 is 0 Å². The first kappa shape index (κ1) is 15.6. The van der Waals surface area contributed by atoms with Gasteiger partial charge in [-0.25, -0.2) is 0 Å². The Morgan fingerprint density at radius 3 is 2.62 bits per heavy atom. The van der Waals surface area contributed by atoms with Crippen molar-refractivity contribution in [3.8, 4) is 5.75 Å². The molecule has 21 heavy (non-hydrogen) atoms. The van der Waals surface area contributed by atoms with Gasteiger partial charge in [-0.2, -0.15) is 0 Å². The van der Waals surface area contributed by atoms with Gasteiger partial charge in [-0.3, -0.25) is 0 Å². The van der Waals surface area contributed by atoms with E-state index in [4.69, 9.17) is 9.15 Å². The summed E-state index contributed by atoms with van der Waals surface area (Å²) in [5.41, 5.74) is 2.35. The summed E-state index contributed by atoms with van der Waals surface area (Å²) >= 11 is 0. The number of hydrogen-bond acceptors (Lipinski definition) is 3. The van der Waals surface area contributed by atoms with Crippen molar-refractivity contribution in [2.24, 2.45) is 0 Å². The average molecular weight is 287 g/mol. The maximum absolute atomic E-state index is 5.80. The molecule has 1 N–H and O–H groups in total. The van der Waals surface area contributed by atoms with Crippen LogP contribution in [0.5, 0.6) is 5.75 Å². The van der Waals surface area contributed by atoms with Crippen molar-refractivity contribution in [3.05, 3.63) is 53.5 Å². The molecule has 0 aliphatic rings. The highest BCUT2D eigenvalue weighted by molar-refractivity contribution is 5.36. The number of ether oxygens (including phenoxy) is 1. The third-order valence-electron chi connectivity index (χ3n) is 3.25. The molecule has 0 bridgehead atoms. The van der Waals surface area contributed by atoms with Crippen molar-refractivity contribution < 1.29 is 9.15 Å². The molecule has 3 heteroatoms. The maximum Gasteiger partial charge on any atom is 0.120 e. The lowest BCUT2D eigenvalue weighted by Gasteiger charge is -2.19. The van der Waals surface area contributed by atoms with E-state index in [2.05, 4.69) is 30.4 Å². The summed E-state index contributed by atoms with van der Waals surface area (Å²) in [5.74, 6) is 1.84. The minimum Gasteiger partial charge on any atom is -0.491 e. The number of rotatable bonds is 7. The Bertz CT molecular complexity index is 560. The first-order valence-corrected chi connectivity index (χ1v) is 7.65. The highest BCUT2D eigenvalue weighted by Gasteiger charge is 2.16. The molecule has 114 valence electrons. The molecule has 0 aliphatic heterocycles. The Hall–Kier alpha value is -1.74. The number of aryl methyl sites for hydroxylation is 1. The second kappa shape index (κ2) is 7.32. The monoisotopic (exact) mass is 287 g/mol. The van der Waals surface area contributed by atoms with Crippen molar-refractivity contribution in [1.29, 1.82) is 0 Å².